The zero-order chi connectivity index (χ0) is 14.2. The number of rotatable bonds is 2. The molecule has 106 valence electrons. The van der Waals surface area contributed by atoms with Crippen molar-refractivity contribution in [1.29, 1.82) is 0 Å². The second-order valence-electron chi connectivity index (χ2n) is 4.69. The highest BCUT2D eigenvalue weighted by Crippen LogP contribution is 2.25. The Morgan fingerprint density at radius 3 is 3.20 bits per heavy atom. The van der Waals surface area contributed by atoms with Crippen molar-refractivity contribution in [3.05, 3.63) is 30.2 Å². The molecule has 0 bridgehead atoms. The van der Waals surface area contributed by atoms with Crippen molar-refractivity contribution in [2.45, 2.75) is 18.4 Å². The average Bonchev–Trinajstić information content (AvgIpc) is 2.85. The number of hydrogen-bond donors (Lipinski definition) is 2. The number of nitrogens with one attached hydrogen (secondary N) is 2. The molecule has 0 saturated carbocycles. The summed E-state index contributed by atoms with van der Waals surface area (Å²) in [7, 11) is 0. The van der Waals surface area contributed by atoms with Crippen LogP contribution in [0.2, 0.25) is 0 Å². The van der Waals surface area contributed by atoms with Gasteiger partial charge in [0, 0.05) is 31.9 Å². The molecule has 1 atom stereocenters. The summed E-state index contributed by atoms with van der Waals surface area (Å²) in [6.45, 7) is 0.295. The van der Waals surface area contributed by atoms with Crippen LogP contribution in [-0.4, -0.2) is 45.6 Å². The van der Waals surface area contributed by atoms with Crippen LogP contribution < -0.4 is 10.6 Å². The number of amides is 1. The molecule has 3 rings (SSSR count). The van der Waals surface area contributed by atoms with Crippen molar-refractivity contribution in [2.75, 3.05) is 13.1 Å². The molecule has 1 saturated heterocycles. The number of nitrogens with zero attached hydrogens (tertiary/aromatic N) is 3. The number of piperidine rings is 1. The summed E-state index contributed by atoms with van der Waals surface area (Å²) in [5.41, 5.74) is 0.532. The molecule has 3 heterocycles. The first-order valence-corrected chi connectivity index (χ1v) is 6.26. The van der Waals surface area contributed by atoms with Gasteiger partial charge in [0.25, 0.3) is 11.8 Å². The van der Waals surface area contributed by atoms with Gasteiger partial charge in [0.15, 0.2) is 5.65 Å². The van der Waals surface area contributed by atoms with Gasteiger partial charge in [0.1, 0.15) is 11.6 Å². The third-order valence-corrected chi connectivity index (χ3v) is 3.32. The molecule has 0 aromatic carbocycles. The second-order valence-corrected chi connectivity index (χ2v) is 4.69. The Morgan fingerprint density at radius 1 is 1.55 bits per heavy atom. The second kappa shape index (κ2) is 4.78. The van der Waals surface area contributed by atoms with Gasteiger partial charge in [-0.15, -0.1) is 0 Å². The Labute approximate surface area is 113 Å². The third kappa shape index (κ3) is 2.22. The van der Waals surface area contributed by atoms with E-state index in [1.54, 1.807) is 12.3 Å². The molecule has 6 nitrogen and oxygen atoms in total. The van der Waals surface area contributed by atoms with E-state index in [2.05, 4.69) is 20.7 Å². The molecule has 1 aliphatic heterocycles. The molecule has 2 aromatic heterocycles. The molecule has 0 aliphatic carbocycles. The zero-order valence-electron chi connectivity index (χ0n) is 10.5. The molecule has 2 N–H and O–H groups in total. The van der Waals surface area contributed by atoms with Crippen LogP contribution in [0.5, 0.6) is 0 Å². The van der Waals surface area contributed by atoms with E-state index < -0.39 is 17.9 Å². The molecule has 0 radical (unpaired) electrons. The molecular formula is C12H13F2N5O. The van der Waals surface area contributed by atoms with Crippen molar-refractivity contribution < 1.29 is 13.6 Å². The fourth-order valence-corrected chi connectivity index (χ4v) is 2.20. The maximum Gasteiger partial charge on any atom is 0.270 e. The minimum absolute atomic E-state index is 0.0470. The molecule has 2 aromatic rings. The fraction of sp³-hybridized carbons (Fsp3) is 0.417. The van der Waals surface area contributed by atoms with Crippen LogP contribution in [-0.2, 0) is 0 Å². The number of carbonyl (C=O) groups excluding carboxylic acids is 1. The SMILES string of the molecule is O=C(NC1CNCCC1(F)F)c1cnn2cccnc12. The maximum atomic E-state index is 13.7. The Morgan fingerprint density at radius 2 is 2.40 bits per heavy atom. The standard InChI is InChI=1S/C12H13F2N5O/c13-12(14)2-4-15-7-9(12)18-11(20)8-6-17-19-5-1-3-16-10(8)19/h1,3,5-6,9,15H,2,4,7H2,(H,18,20). The van der Waals surface area contributed by atoms with Crippen LogP contribution in [0.15, 0.2) is 24.7 Å². The van der Waals surface area contributed by atoms with Crippen LogP contribution in [0.3, 0.4) is 0 Å². The van der Waals surface area contributed by atoms with E-state index in [-0.39, 0.29) is 25.1 Å². The predicted molar refractivity (Wildman–Crippen MR) is 66.7 cm³/mol. The Balaban J connectivity index is 1.82. The van der Waals surface area contributed by atoms with Crippen LogP contribution in [0.25, 0.3) is 5.65 Å². The molecule has 0 spiro atoms. The summed E-state index contributed by atoms with van der Waals surface area (Å²) in [5, 5.41) is 9.17. The molecule has 8 heteroatoms. The summed E-state index contributed by atoms with van der Waals surface area (Å²) in [6.07, 6.45) is 4.19. The van der Waals surface area contributed by atoms with Gasteiger partial charge in [-0.1, -0.05) is 0 Å². The van der Waals surface area contributed by atoms with E-state index in [4.69, 9.17) is 0 Å². The number of fused-ring (bicyclic) bond motifs is 1. The van der Waals surface area contributed by atoms with E-state index in [1.165, 1.54) is 16.9 Å². The van der Waals surface area contributed by atoms with E-state index in [0.29, 0.717) is 5.65 Å². The number of hydrogen-bond acceptors (Lipinski definition) is 4. The lowest BCUT2D eigenvalue weighted by molar-refractivity contribution is -0.0542. The van der Waals surface area contributed by atoms with Gasteiger partial charge in [-0.25, -0.2) is 18.3 Å². The van der Waals surface area contributed by atoms with E-state index in [1.807, 2.05) is 0 Å². The molecule has 1 amide bonds. The topological polar surface area (TPSA) is 71.3 Å². The molecule has 1 aliphatic rings. The first-order valence-electron chi connectivity index (χ1n) is 6.26. The highest BCUT2D eigenvalue weighted by atomic mass is 19.3. The van der Waals surface area contributed by atoms with Gasteiger partial charge in [0.05, 0.1) is 6.20 Å². The van der Waals surface area contributed by atoms with E-state index >= 15 is 0 Å². The summed E-state index contributed by atoms with van der Waals surface area (Å²) in [4.78, 5) is 16.1. The van der Waals surface area contributed by atoms with Gasteiger partial charge in [-0.05, 0) is 6.07 Å². The smallest absolute Gasteiger partial charge is 0.270 e. The number of alkyl halides is 2. The van der Waals surface area contributed by atoms with Crippen LogP contribution in [0.1, 0.15) is 16.8 Å². The first-order chi connectivity index (χ1) is 9.58. The average molecular weight is 281 g/mol. The fourth-order valence-electron chi connectivity index (χ4n) is 2.20. The molecule has 1 unspecified atom stereocenters. The van der Waals surface area contributed by atoms with Gasteiger partial charge >= 0.3 is 0 Å². The first kappa shape index (κ1) is 12.9. The summed E-state index contributed by atoms with van der Waals surface area (Å²) < 4.78 is 28.8. The van der Waals surface area contributed by atoms with Crippen molar-refractivity contribution in [3.63, 3.8) is 0 Å². The molecule has 1 fully saturated rings. The monoisotopic (exact) mass is 281 g/mol. The number of halogens is 2. The molecular weight excluding hydrogens is 268 g/mol. The van der Waals surface area contributed by atoms with Gasteiger partial charge in [-0.2, -0.15) is 5.10 Å². The number of carbonyl (C=O) groups is 1. The summed E-state index contributed by atoms with van der Waals surface area (Å²) >= 11 is 0. The summed E-state index contributed by atoms with van der Waals surface area (Å²) in [5.74, 6) is -3.50. The Kier molecular flexibility index (Phi) is 3.09. The van der Waals surface area contributed by atoms with Crippen LogP contribution in [0, 0.1) is 0 Å². The maximum absolute atomic E-state index is 13.7. The third-order valence-electron chi connectivity index (χ3n) is 3.32. The van der Waals surface area contributed by atoms with Crippen LogP contribution >= 0.6 is 0 Å². The minimum atomic E-state index is -2.91. The number of aromatic nitrogens is 3. The van der Waals surface area contributed by atoms with Crippen molar-refractivity contribution in [3.8, 4) is 0 Å². The molecule has 20 heavy (non-hydrogen) atoms. The lowest BCUT2D eigenvalue weighted by Crippen LogP contribution is -2.57. The summed E-state index contributed by atoms with van der Waals surface area (Å²) in [6, 6.07) is 0.448. The van der Waals surface area contributed by atoms with Crippen molar-refractivity contribution >= 4 is 11.6 Å². The highest BCUT2D eigenvalue weighted by molar-refractivity contribution is 5.99. The Hall–Kier alpha value is -2.09. The minimum Gasteiger partial charge on any atom is -0.342 e. The lowest BCUT2D eigenvalue weighted by Gasteiger charge is -2.32. The highest BCUT2D eigenvalue weighted by Gasteiger charge is 2.42. The predicted octanol–water partition coefficient (Wildman–Crippen LogP) is 0.456. The van der Waals surface area contributed by atoms with Gasteiger partial charge in [-0.3, -0.25) is 4.79 Å². The normalized spacial score (nSPS) is 21.8. The quantitative estimate of drug-likeness (QED) is 0.839. The van der Waals surface area contributed by atoms with Gasteiger partial charge in [0.2, 0.25) is 0 Å². The van der Waals surface area contributed by atoms with Gasteiger partial charge < -0.3 is 10.6 Å². The van der Waals surface area contributed by atoms with E-state index in [0.717, 1.165) is 0 Å². The largest absolute Gasteiger partial charge is 0.342 e. The van der Waals surface area contributed by atoms with Crippen molar-refractivity contribution in [2.24, 2.45) is 0 Å². The zero-order valence-corrected chi connectivity index (χ0v) is 10.5. The Bertz CT molecular complexity index is 642. The van der Waals surface area contributed by atoms with Crippen LogP contribution in [0.4, 0.5) is 8.78 Å². The van der Waals surface area contributed by atoms with E-state index in [9.17, 15) is 13.6 Å². The van der Waals surface area contributed by atoms with Crippen molar-refractivity contribution in [1.82, 2.24) is 25.2 Å². The lowest BCUT2D eigenvalue weighted by atomic mass is 10.0.